The molecule has 2 aromatic rings. The molecule has 1 fully saturated rings. The molecule has 0 aromatic heterocycles. The lowest BCUT2D eigenvalue weighted by molar-refractivity contribution is -0.117. The predicted molar refractivity (Wildman–Crippen MR) is 107 cm³/mol. The van der Waals surface area contributed by atoms with E-state index in [4.69, 9.17) is 11.6 Å². The molecule has 0 saturated carbocycles. The predicted octanol–water partition coefficient (Wildman–Crippen LogP) is 4.22. The van der Waals surface area contributed by atoms with Crippen LogP contribution in [0.4, 0.5) is 5.69 Å². The minimum Gasteiger partial charge on any atom is -0.326 e. The van der Waals surface area contributed by atoms with E-state index in [1.807, 2.05) is 6.92 Å². The fraction of sp³-hybridized carbons (Fsp3) is 0.350. The largest absolute Gasteiger partial charge is 0.326 e. The first-order valence-electron chi connectivity index (χ1n) is 9.00. The maximum Gasteiger partial charge on any atom is 0.243 e. The van der Waals surface area contributed by atoms with E-state index < -0.39 is 10.0 Å². The summed E-state index contributed by atoms with van der Waals surface area (Å²) in [4.78, 5) is 12.7. The Bertz CT molecular complexity index is 913. The van der Waals surface area contributed by atoms with E-state index in [0.717, 1.165) is 18.4 Å². The van der Waals surface area contributed by atoms with E-state index in [1.54, 1.807) is 48.5 Å². The van der Waals surface area contributed by atoms with Crippen LogP contribution in [0.1, 0.15) is 31.2 Å². The summed E-state index contributed by atoms with van der Waals surface area (Å²) < 4.78 is 27.6. The molecule has 1 heterocycles. The lowest BCUT2D eigenvalue weighted by atomic mass is 10.0. The molecule has 5 nitrogen and oxygen atoms in total. The van der Waals surface area contributed by atoms with Gasteiger partial charge in [-0.1, -0.05) is 41.8 Å². The zero-order chi connectivity index (χ0) is 19.4. The van der Waals surface area contributed by atoms with Crippen LogP contribution in [0.25, 0.3) is 0 Å². The average Bonchev–Trinajstić information content (AvgIpc) is 2.62. The third-order valence-electron chi connectivity index (χ3n) is 4.73. The van der Waals surface area contributed by atoms with Crippen LogP contribution >= 0.6 is 11.6 Å². The molecule has 0 bridgehead atoms. The number of anilines is 1. The Balaban J connectivity index is 1.75. The summed E-state index contributed by atoms with van der Waals surface area (Å²) in [5.41, 5.74) is 1.61. The van der Waals surface area contributed by atoms with Gasteiger partial charge in [-0.2, -0.15) is 4.31 Å². The minimum absolute atomic E-state index is 0.123. The molecular formula is C20H23ClN2O3S. The normalized spacial score (nSPS) is 18.2. The van der Waals surface area contributed by atoms with Crippen molar-refractivity contribution in [3.8, 4) is 0 Å². The van der Waals surface area contributed by atoms with Crippen LogP contribution < -0.4 is 5.32 Å². The molecule has 1 aliphatic rings. The minimum atomic E-state index is -3.62. The van der Waals surface area contributed by atoms with Gasteiger partial charge in [0.15, 0.2) is 0 Å². The number of carbonyl (C=O) groups excluding carboxylic acids is 1. The molecular weight excluding hydrogens is 384 g/mol. The van der Waals surface area contributed by atoms with Crippen molar-refractivity contribution in [1.82, 2.24) is 4.31 Å². The van der Waals surface area contributed by atoms with Gasteiger partial charge in [0.25, 0.3) is 0 Å². The molecule has 1 saturated heterocycles. The van der Waals surface area contributed by atoms with E-state index >= 15 is 0 Å². The number of nitrogens with zero attached hydrogens (tertiary/aromatic N) is 1. The lowest BCUT2D eigenvalue weighted by Crippen LogP contribution is -2.45. The van der Waals surface area contributed by atoms with E-state index in [-0.39, 0.29) is 23.3 Å². The molecule has 1 amide bonds. The van der Waals surface area contributed by atoms with Crippen molar-refractivity contribution in [2.24, 2.45) is 0 Å². The summed E-state index contributed by atoms with van der Waals surface area (Å²) >= 11 is 5.94. The summed E-state index contributed by atoms with van der Waals surface area (Å²) in [6, 6.07) is 13.4. The number of sulfonamides is 1. The van der Waals surface area contributed by atoms with E-state index in [9.17, 15) is 13.2 Å². The summed E-state index contributed by atoms with van der Waals surface area (Å²) in [6.07, 6.45) is 2.51. The topological polar surface area (TPSA) is 66.5 Å². The molecule has 1 N–H and O–H groups in total. The van der Waals surface area contributed by atoms with Gasteiger partial charge >= 0.3 is 0 Å². The SMILES string of the molecule is Cc1ccc(S(=O)(=O)N2CCCCC2CC(=O)Nc2cccc(Cl)c2)cc1. The maximum absolute atomic E-state index is 13.1. The van der Waals surface area contributed by atoms with Crippen LogP contribution in [-0.2, 0) is 14.8 Å². The van der Waals surface area contributed by atoms with Gasteiger partial charge in [0.05, 0.1) is 4.90 Å². The molecule has 144 valence electrons. The number of hydrogen-bond acceptors (Lipinski definition) is 3. The fourth-order valence-electron chi connectivity index (χ4n) is 3.33. The first-order valence-corrected chi connectivity index (χ1v) is 10.8. The highest BCUT2D eigenvalue weighted by molar-refractivity contribution is 7.89. The molecule has 1 aliphatic heterocycles. The fourth-order valence-corrected chi connectivity index (χ4v) is 5.22. The monoisotopic (exact) mass is 406 g/mol. The first-order chi connectivity index (χ1) is 12.9. The summed E-state index contributed by atoms with van der Waals surface area (Å²) in [5.74, 6) is -0.215. The van der Waals surface area contributed by atoms with Crippen LogP contribution in [0.2, 0.25) is 5.02 Å². The Morgan fingerprint density at radius 1 is 1.19 bits per heavy atom. The van der Waals surface area contributed by atoms with Gasteiger partial charge in [-0.3, -0.25) is 4.79 Å². The number of piperidine rings is 1. The number of nitrogens with one attached hydrogen (secondary N) is 1. The van der Waals surface area contributed by atoms with Crippen molar-refractivity contribution in [3.63, 3.8) is 0 Å². The molecule has 2 aromatic carbocycles. The average molecular weight is 407 g/mol. The van der Waals surface area contributed by atoms with E-state index in [1.165, 1.54) is 4.31 Å². The van der Waals surface area contributed by atoms with Gasteiger partial charge in [-0.05, 0) is 50.1 Å². The number of hydrogen-bond donors (Lipinski definition) is 1. The van der Waals surface area contributed by atoms with E-state index in [0.29, 0.717) is 23.7 Å². The summed E-state index contributed by atoms with van der Waals surface area (Å²) in [6.45, 7) is 2.35. The van der Waals surface area contributed by atoms with Gasteiger partial charge in [0, 0.05) is 29.7 Å². The third kappa shape index (κ3) is 4.89. The van der Waals surface area contributed by atoms with Crippen molar-refractivity contribution >= 4 is 33.2 Å². The first kappa shape index (κ1) is 19.9. The molecule has 7 heteroatoms. The number of carbonyl (C=O) groups is 1. The Morgan fingerprint density at radius 3 is 2.63 bits per heavy atom. The Hall–Kier alpha value is -1.89. The van der Waals surface area contributed by atoms with Crippen molar-refractivity contribution in [3.05, 3.63) is 59.1 Å². The summed E-state index contributed by atoms with van der Waals surface area (Å²) in [7, 11) is -3.62. The van der Waals surface area contributed by atoms with Crippen LogP contribution in [0.15, 0.2) is 53.4 Å². The highest BCUT2D eigenvalue weighted by atomic mass is 35.5. The van der Waals surface area contributed by atoms with Crippen molar-refractivity contribution in [1.29, 1.82) is 0 Å². The van der Waals surface area contributed by atoms with E-state index in [2.05, 4.69) is 5.32 Å². The number of halogens is 1. The van der Waals surface area contributed by atoms with Gasteiger partial charge in [0.2, 0.25) is 15.9 Å². The molecule has 0 aliphatic carbocycles. The number of benzene rings is 2. The van der Waals surface area contributed by atoms with Crippen molar-refractivity contribution in [2.75, 3.05) is 11.9 Å². The van der Waals surface area contributed by atoms with Crippen LogP contribution in [0.5, 0.6) is 0 Å². The van der Waals surface area contributed by atoms with Crippen LogP contribution in [0, 0.1) is 6.92 Å². The smallest absolute Gasteiger partial charge is 0.243 e. The van der Waals surface area contributed by atoms with Crippen LogP contribution in [0.3, 0.4) is 0 Å². The molecule has 3 rings (SSSR count). The quantitative estimate of drug-likeness (QED) is 0.808. The van der Waals surface area contributed by atoms with Gasteiger partial charge < -0.3 is 5.32 Å². The maximum atomic E-state index is 13.1. The second-order valence-electron chi connectivity index (χ2n) is 6.84. The summed E-state index contributed by atoms with van der Waals surface area (Å²) in [5, 5.41) is 3.34. The number of aryl methyl sites for hydroxylation is 1. The van der Waals surface area contributed by atoms with Crippen molar-refractivity contribution in [2.45, 2.75) is 43.5 Å². The van der Waals surface area contributed by atoms with Crippen molar-refractivity contribution < 1.29 is 13.2 Å². The lowest BCUT2D eigenvalue weighted by Gasteiger charge is -2.34. The molecule has 27 heavy (non-hydrogen) atoms. The zero-order valence-electron chi connectivity index (χ0n) is 15.2. The van der Waals surface area contributed by atoms with Gasteiger partial charge in [0.1, 0.15) is 0 Å². The second-order valence-corrected chi connectivity index (χ2v) is 9.17. The Kier molecular flexibility index (Phi) is 6.19. The molecule has 1 unspecified atom stereocenters. The van der Waals surface area contributed by atoms with Gasteiger partial charge in [-0.15, -0.1) is 0 Å². The number of rotatable bonds is 5. The zero-order valence-corrected chi connectivity index (χ0v) is 16.8. The standard InChI is InChI=1S/C20H23ClN2O3S/c1-15-8-10-19(11-9-15)27(25,26)23-12-3-2-7-18(23)14-20(24)22-17-6-4-5-16(21)13-17/h4-6,8-11,13,18H,2-3,7,12,14H2,1H3,(H,22,24). The molecule has 0 radical (unpaired) electrons. The number of amides is 1. The Labute approximate surface area is 165 Å². The second kappa shape index (κ2) is 8.42. The third-order valence-corrected chi connectivity index (χ3v) is 6.93. The molecule has 1 atom stereocenters. The molecule has 0 spiro atoms. The highest BCUT2D eigenvalue weighted by Gasteiger charge is 2.34. The van der Waals surface area contributed by atoms with Crippen LogP contribution in [-0.4, -0.2) is 31.2 Å². The highest BCUT2D eigenvalue weighted by Crippen LogP contribution is 2.27. The Morgan fingerprint density at radius 2 is 1.93 bits per heavy atom. The van der Waals surface area contributed by atoms with Gasteiger partial charge in [-0.25, -0.2) is 8.42 Å².